The summed E-state index contributed by atoms with van der Waals surface area (Å²) in [5, 5.41) is 11.6. The zero-order valence-corrected chi connectivity index (χ0v) is 12.3. The predicted molar refractivity (Wildman–Crippen MR) is 81.0 cm³/mol. The Hall–Kier alpha value is -1.83. The van der Waals surface area contributed by atoms with E-state index in [1.807, 2.05) is 19.1 Å². The molecule has 0 aliphatic heterocycles. The zero-order chi connectivity index (χ0) is 15.1. The molecule has 0 aromatic heterocycles. The fourth-order valence-corrected chi connectivity index (χ4v) is 2.00. The lowest BCUT2D eigenvalue weighted by Gasteiger charge is -2.07. The molecule has 1 aromatic carbocycles. The number of ether oxygens (including phenoxy) is 1. The van der Waals surface area contributed by atoms with Gasteiger partial charge in [0.1, 0.15) is 6.61 Å². The van der Waals surface area contributed by atoms with Crippen molar-refractivity contribution in [2.24, 2.45) is 5.92 Å². The van der Waals surface area contributed by atoms with Crippen LogP contribution in [0.1, 0.15) is 34.3 Å². The van der Waals surface area contributed by atoms with Crippen LogP contribution < -0.4 is 5.32 Å². The topological polar surface area (TPSA) is 58.6 Å². The third kappa shape index (κ3) is 5.58. The van der Waals surface area contributed by atoms with Crippen molar-refractivity contribution in [1.29, 1.82) is 0 Å². The van der Waals surface area contributed by atoms with Gasteiger partial charge >= 0.3 is 0 Å². The van der Waals surface area contributed by atoms with Crippen molar-refractivity contribution >= 4 is 5.91 Å². The van der Waals surface area contributed by atoms with Crippen LogP contribution >= 0.6 is 0 Å². The van der Waals surface area contributed by atoms with Gasteiger partial charge in [0, 0.05) is 24.3 Å². The van der Waals surface area contributed by atoms with Crippen LogP contribution in [0.2, 0.25) is 0 Å². The molecule has 0 saturated heterocycles. The second-order valence-corrected chi connectivity index (χ2v) is 5.32. The van der Waals surface area contributed by atoms with E-state index in [9.17, 15) is 4.79 Å². The summed E-state index contributed by atoms with van der Waals surface area (Å²) in [7, 11) is 0. The quantitative estimate of drug-likeness (QED) is 0.616. The number of hydrogen-bond donors (Lipinski definition) is 2. The number of carbonyl (C=O) groups is 1. The molecule has 21 heavy (non-hydrogen) atoms. The summed E-state index contributed by atoms with van der Waals surface area (Å²) >= 11 is 0. The number of aliphatic hydroxyl groups is 1. The second-order valence-electron chi connectivity index (χ2n) is 5.32. The first-order valence-electron chi connectivity index (χ1n) is 7.26. The fraction of sp³-hybridized carbons (Fsp3) is 0.471. The largest absolute Gasteiger partial charge is 0.384 e. The van der Waals surface area contributed by atoms with Crippen molar-refractivity contribution in [3.05, 3.63) is 34.9 Å². The highest BCUT2D eigenvalue weighted by Crippen LogP contribution is 2.28. The van der Waals surface area contributed by atoms with Gasteiger partial charge in [-0.2, -0.15) is 0 Å². The van der Waals surface area contributed by atoms with Crippen LogP contribution in [0.3, 0.4) is 0 Å². The minimum atomic E-state index is -0.187. The average molecular weight is 287 g/mol. The van der Waals surface area contributed by atoms with Crippen molar-refractivity contribution in [2.45, 2.75) is 19.8 Å². The molecule has 0 atom stereocenters. The zero-order valence-electron chi connectivity index (χ0n) is 12.3. The lowest BCUT2D eigenvalue weighted by atomic mass is 10.1. The van der Waals surface area contributed by atoms with E-state index in [1.54, 1.807) is 6.07 Å². The smallest absolute Gasteiger partial charge is 0.251 e. The summed E-state index contributed by atoms with van der Waals surface area (Å²) in [5.74, 6) is 6.03. The maximum Gasteiger partial charge on any atom is 0.251 e. The summed E-state index contributed by atoms with van der Waals surface area (Å²) < 4.78 is 5.48. The Bertz CT molecular complexity index is 553. The number of amides is 1. The molecule has 1 aromatic rings. The van der Waals surface area contributed by atoms with Crippen LogP contribution in [-0.4, -0.2) is 37.4 Å². The number of carbonyl (C=O) groups excluding carboxylic acids is 1. The van der Waals surface area contributed by atoms with E-state index >= 15 is 0 Å². The van der Waals surface area contributed by atoms with Gasteiger partial charge in [-0.25, -0.2) is 0 Å². The molecule has 2 rings (SSSR count). The van der Waals surface area contributed by atoms with Gasteiger partial charge in [0.25, 0.3) is 5.91 Å². The third-order valence-electron chi connectivity index (χ3n) is 3.23. The fourth-order valence-electron chi connectivity index (χ4n) is 2.00. The van der Waals surface area contributed by atoms with Crippen molar-refractivity contribution in [2.75, 3.05) is 26.4 Å². The van der Waals surface area contributed by atoms with E-state index in [-0.39, 0.29) is 12.5 Å². The van der Waals surface area contributed by atoms with Gasteiger partial charge in [-0.1, -0.05) is 11.8 Å². The van der Waals surface area contributed by atoms with Crippen LogP contribution in [0.5, 0.6) is 0 Å². The molecule has 0 spiro atoms. The van der Waals surface area contributed by atoms with Crippen molar-refractivity contribution in [3.8, 4) is 11.8 Å². The summed E-state index contributed by atoms with van der Waals surface area (Å²) in [6.07, 6.45) is 2.54. The molecule has 112 valence electrons. The van der Waals surface area contributed by atoms with E-state index in [0.717, 1.165) is 23.7 Å². The van der Waals surface area contributed by atoms with Crippen molar-refractivity contribution in [3.63, 3.8) is 0 Å². The molecule has 4 nitrogen and oxygen atoms in total. The Labute approximate surface area is 125 Å². The Morgan fingerprint density at radius 1 is 1.43 bits per heavy atom. The van der Waals surface area contributed by atoms with Crippen molar-refractivity contribution in [1.82, 2.24) is 5.32 Å². The molecule has 0 unspecified atom stereocenters. The Morgan fingerprint density at radius 3 is 2.95 bits per heavy atom. The summed E-state index contributed by atoms with van der Waals surface area (Å²) in [6.45, 7) is 3.59. The number of aliphatic hydroxyl groups excluding tert-OH is 1. The van der Waals surface area contributed by atoms with Crippen LogP contribution in [-0.2, 0) is 4.74 Å². The van der Waals surface area contributed by atoms with E-state index in [2.05, 4.69) is 17.2 Å². The standard InChI is InChI=1S/C17H21NO3/c1-13-9-15(3-2-7-19)11-16(10-13)17(20)18-6-8-21-12-14-4-5-14/h9-11,14,19H,4-8,12H2,1H3,(H,18,20). The Morgan fingerprint density at radius 2 is 2.24 bits per heavy atom. The number of nitrogens with one attached hydrogen (secondary N) is 1. The monoisotopic (exact) mass is 287 g/mol. The highest BCUT2D eigenvalue weighted by atomic mass is 16.5. The maximum absolute atomic E-state index is 12.1. The van der Waals surface area contributed by atoms with E-state index in [0.29, 0.717) is 18.7 Å². The van der Waals surface area contributed by atoms with Crippen LogP contribution in [0.4, 0.5) is 0 Å². The van der Waals surface area contributed by atoms with Gasteiger partial charge < -0.3 is 15.2 Å². The van der Waals surface area contributed by atoms with E-state index in [1.165, 1.54) is 12.8 Å². The molecular formula is C17H21NO3. The average Bonchev–Trinajstić information content (AvgIpc) is 3.28. The Kier molecular flexibility index (Phi) is 5.79. The summed E-state index contributed by atoms with van der Waals surface area (Å²) in [5.41, 5.74) is 2.29. The molecule has 0 bridgehead atoms. The minimum absolute atomic E-state index is 0.124. The van der Waals surface area contributed by atoms with Gasteiger partial charge in [-0.15, -0.1) is 0 Å². The number of aryl methyl sites for hydroxylation is 1. The van der Waals surface area contributed by atoms with Crippen LogP contribution in [0, 0.1) is 24.7 Å². The molecule has 1 aliphatic rings. The van der Waals surface area contributed by atoms with Crippen LogP contribution in [0.15, 0.2) is 18.2 Å². The molecule has 0 radical (unpaired) electrons. The summed E-state index contributed by atoms with van der Waals surface area (Å²) in [4.78, 5) is 12.1. The van der Waals surface area contributed by atoms with E-state index in [4.69, 9.17) is 9.84 Å². The molecule has 1 aliphatic carbocycles. The molecule has 2 N–H and O–H groups in total. The lowest BCUT2D eigenvalue weighted by Crippen LogP contribution is -2.27. The van der Waals surface area contributed by atoms with Crippen LogP contribution in [0.25, 0.3) is 0 Å². The highest BCUT2D eigenvalue weighted by molar-refractivity contribution is 5.94. The van der Waals surface area contributed by atoms with Crippen molar-refractivity contribution < 1.29 is 14.6 Å². The van der Waals surface area contributed by atoms with Gasteiger partial charge in [0.15, 0.2) is 0 Å². The predicted octanol–water partition coefficient (Wildman–Crippen LogP) is 1.50. The SMILES string of the molecule is Cc1cc(C#CCO)cc(C(=O)NCCOCC2CC2)c1. The minimum Gasteiger partial charge on any atom is -0.384 e. The summed E-state index contributed by atoms with van der Waals surface area (Å²) in [6, 6.07) is 5.44. The third-order valence-corrected chi connectivity index (χ3v) is 3.23. The lowest BCUT2D eigenvalue weighted by molar-refractivity contribution is 0.0906. The van der Waals surface area contributed by atoms with Gasteiger partial charge in [0.05, 0.1) is 6.61 Å². The maximum atomic E-state index is 12.1. The molecular weight excluding hydrogens is 266 g/mol. The molecule has 1 fully saturated rings. The van der Waals surface area contributed by atoms with Gasteiger partial charge in [0.2, 0.25) is 0 Å². The normalized spacial score (nSPS) is 13.4. The first-order chi connectivity index (χ1) is 10.2. The second kappa shape index (κ2) is 7.82. The number of rotatable bonds is 6. The molecule has 0 heterocycles. The molecule has 4 heteroatoms. The Balaban J connectivity index is 1.83. The molecule has 1 saturated carbocycles. The number of hydrogen-bond acceptors (Lipinski definition) is 3. The van der Waals surface area contributed by atoms with Gasteiger partial charge in [-0.05, 0) is 49.4 Å². The highest BCUT2D eigenvalue weighted by Gasteiger charge is 2.20. The van der Waals surface area contributed by atoms with E-state index < -0.39 is 0 Å². The first-order valence-corrected chi connectivity index (χ1v) is 7.26. The first kappa shape index (κ1) is 15.6. The van der Waals surface area contributed by atoms with Gasteiger partial charge in [-0.3, -0.25) is 4.79 Å². The molecule has 1 amide bonds. The number of benzene rings is 1.